The number of rotatable bonds is 3. The van der Waals surface area contributed by atoms with E-state index in [1.807, 2.05) is 0 Å². The number of hydrogen-bond donors (Lipinski definition) is 0. The van der Waals surface area contributed by atoms with Crippen LogP contribution in [-0.2, 0) is 24.2 Å². The first-order valence-corrected chi connectivity index (χ1v) is 6.66. The number of sulfone groups is 1. The van der Waals surface area contributed by atoms with Gasteiger partial charge < -0.3 is 4.74 Å². The van der Waals surface area contributed by atoms with Crippen LogP contribution in [0.3, 0.4) is 0 Å². The van der Waals surface area contributed by atoms with E-state index in [2.05, 4.69) is 4.74 Å². The van der Waals surface area contributed by atoms with Crippen molar-refractivity contribution in [3.8, 4) is 0 Å². The van der Waals surface area contributed by atoms with Gasteiger partial charge in [0.15, 0.2) is 9.84 Å². The van der Waals surface area contributed by atoms with Gasteiger partial charge in [-0.1, -0.05) is 0 Å². The van der Waals surface area contributed by atoms with Crippen LogP contribution < -0.4 is 0 Å². The topological polar surface area (TPSA) is 80.8 Å². The predicted molar refractivity (Wildman–Crippen MR) is 56.5 cm³/mol. The molecule has 1 aliphatic rings. The van der Waals surface area contributed by atoms with Crippen molar-refractivity contribution >= 4 is 21.8 Å². The van der Waals surface area contributed by atoms with E-state index in [9.17, 15) is 18.0 Å². The average molecular weight is 249 g/mol. The zero-order chi connectivity index (χ0) is 12.6. The third-order valence-electron chi connectivity index (χ3n) is 2.54. The molecule has 1 fully saturated rings. The first kappa shape index (κ1) is 13.1. The first-order chi connectivity index (χ1) is 7.12. The molecule has 0 aliphatic carbocycles. The number of cyclic esters (lactones) is 2. The SMILES string of the molecule is CC(C)(CN1CC(=O)OC(=O)C1)S(C)(=O)=O. The number of carbonyl (C=O) groups excluding carboxylic acids is 2. The summed E-state index contributed by atoms with van der Waals surface area (Å²) in [6.45, 7) is 3.15. The Labute approximate surface area is 94.5 Å². The average Bonchev–Trinajstić information content (AvgIpc) is 1.97. The second-order valence-electron chi connectivity index (χ2n) is 4.52. The highest BCUT2D eigenvalue weighted by Crippen LogP contribution is 2.17. The van der Waals surface area contributed by atoms with E-state index in [0.29, 0.717) is 0 Å². The van der Waals surface area contributed by atoms with Crippen LogP contribution in [0.1, 0.15) is 13.8 Å². The third kappa shape index (κ3) is 3.02. The van der Waals surface area contributed by atoms with Crippen molar-refractivity contribution in [3.05, 3.63) is 0 Å². The third-order valence-corrected chi connectivity index (χ3v) is 4.68. The number of ether oxygens (including phenoxy) is 1. The summed E-state index contributed by atoms with van der Waals surface area (Å²) in [5, 5.41) is 0. The fraction of sp³-hybridized carbons (Fsp3) is 0.778. The fourth-order valence-electron chi connectivity index (χ4n) is 1.38. The van der Waals surface area contributed by atoms with Crippen LogP contribution in [0.5, 0.6) is 0 Å². The first-order valence-electron chi connectivity index (χ1n) is 4.77. The van der Waals surface area contributed by atoms with Crippen LogP contribution in [0.4, 0.5) is 0 Å². The van der Waals surface area contributed by atoms with E-state index in [4.69, 9.17) is 0 Å². The summed E-state index contributed by atoms with van der Waals surface area (Å²) < 4.78 is 26.3. The van der Waals surface area contributed by atoms with Crippen molar-refractivity contribution < 1.29 is 22.7 Å². The summed E-state index contributed by atoms with van der Waals surface area (Å²) in [6, 6.07) is 0. The summed E-state index contributed by atoms with van der Waals surface area (Å²) in [6.07, 6.45) is 1.14. The van der Waals surface area contributed by atoms with Gasteiger partial charge in [0.05, 0.1) is 17.8 Å². The van der Waals surface area contributed by atoms with Gasteiger partial charge in [-0.05, 0) is 13.8 Å². The van der Waals surface area contributed by atoms with E-state index < -0.39 is 26.5 Å². The molecule has 0 bridgehead atoms. The molecule has 0 radical (unpaired) electrons. The Morgan fingerprint density at radius 1 is 1.25 bits per heavy atom. The number of morpholine rings is 1. The molecule has 0 aromatic rings. The Kier molecular flexibility index (Phi) is 3.39. The Balaban J connectivity index is 2.74. The maximum absolute atomic E-state index is 11.5. The monoisotopic (exact) mass is 249 g/mol. The van der Waals surface area contributed by atoms with Gasteiger partial charge in [0.2, 0.25) is 0 Å². The van der Waals surface area contributed by atoms with Gasteiger partial charge in [-0.2, -0.15) is 0 Å². The van der Waals surface area contributed by atoms with E-state index in [0.717, 1.165) is 6.26 Å². The van der Waals surface area contributed by atoms with Gasteiger partial charge >= 0.3 is 11.9 Å². The number of nitrogens with zero attached hydrogens (tertiary/aromatic N) is 1. The van der Waals surface area contributed by atoms with Crippen LogP contribution in [0.15, 0.2) is 0 Å². The van der Waals surface area contributed by atoms with Crippen molar-refractivity contribution in [1.82, 2.24) is 4.90 Å². The van der Waals surface area contributed by atoms with Gasteiger partial charge in [-0.25, -0.2) is 8.42 Å². The van der Waals surface area contributed by atoms with Crippen molar-refractivity contribution in [2.75, 3.05) is 25.9 Å². The summed E-state index contributed by atoms with van der Waals surface area (Å²) in [7, 11) is -3.24. The highest BCUT2D eigenvalue weighted by atomic mass is 32.2. The smallest absolute Gasteiger partial charge is 0.327 e. The lowest BCUT2D eigenvalue weighted by Gasteiger charge is -2.31. The quantitative estimate of drug-likeness (QED) is 0.481. The van der Waals surface area contributed by atoms with Gasteiger partial charge in [0, 0.05) is 12.8 Å². The number of hydrogen-bond acceptors (Lipinski definition) is 6. The molecule has 6 nitrogen and oxygen atoms in total. The Bertz CT molecular complexity index is 396. The summed E-state index contributed by atoms with van der Waals surface area (Å²) in [5.41, 5.74) is 0. The van der Waals surface area contributed by atoms with Crippen LogP contribution in [-0.4, -0.2) is 55.9 Å². The second kappa shape index (κ2) is 4.14. The fourth-order valence-corrected chi connectivity index (χ4v) is 1.80. The number of carbonyl (C=O) groups is 2. The molecule has 7 heteroatoms. The molecule has 16 heavy (non-hydrogen) atoms. The van der Waals surface area contributed by atoms with Crippen LogP contribution in [0, 0.1) is 0 Å². The zero-order valence-corrected chi connectivity index (χ0v) is 10.3. The summed E-state index contributed by atoms with van der Waals surface area (Å²) >= 11 is 0. The van der Waals surface area contributed by atoms with Gasteiger partial charge in [0.1, 0.15) is 0 Å². The van der Waals surface area contributed by atoms with Gasteiger partial charge in [0.25, 0.3) is 0 Å². The molecule has 0 aromatic carbocycles. The van der Waals surface area contributed by atoms with E-state index in [1.165, 1.54) is 4.90 Å². The lowest BCUT2D eigenvalue weighted by atomic mass is 10.2. The normalized spacial score (nSPS) is 19.7. The predicted octanol–water partition coefficient (Wildman–Crippen LogP) is -0.805. The van der Waals surface area contributed by atoms with Crippen molar-refractivity contribution in [2.45, 2.75) is 18.6 Å². The van der Waals surface area contributed by atoms with Crippen molar-refractivity contribution in [3.63, 3.8) is 0 Å². The molecule has 1 heterocycles. The highest BCUT2D eigenvalue weighted by Gasteiger charge is 2.35. The Morgan fingerprint density at radius 3 is 2.06 bits per heavy atom. The highest BCUT2D eigenvalue weighted by molar-refractivity contribution is 7.92. The molecule has 0 aromatic heterocycles. The van der Waals surface area contributed by atoms with Crippen LogP contribution >= 0.6 is 0 Å². The van der Waals surface area contributed by atoms with Crippen molar-refractivity contribution in [1.29, 1.82) is 0 Å². The second-order valence-corrected chi connectivity index (χ2v) is 7.17. The molecule has 92 valence electrons. The van der Waals surface area contributed by atoms with Gasteiger partial charge in [-0.15, -0.1) is 0 Å². The minimum Gasteiger partial charge on any atom is -0.391 e. The number of esters is 2. The zero-order valence-electron chi connectivity index (χ0n) is 9.52. The van der Waals surface area contributed by atoms with E-state index in [-0.39, 0.29) is 19.6 Å². The largest absolute Gasteiger partial charge is 0.391 e. The maximum atomic E-state index is 11.5. The maximum Gasteiger partial charge on any atom is 0.327 e. The molecule has 0 saturated carbocycles. The summed E-state index contributed by atoms with van der Waals surface area (Å²) in [4.78, 5) is 23.5. The molecule has 1 aliphatic heterocycles. The standard InChI is InChI=1S/C9H15NO5S/c1-9(2,16(3,13)14)6-10-4-7(11)15-8(12)5-10/h4-6H2,1-3H3. The van der Waals surface area contributed by atoms with Crippen molar-refractivity contribution in [2.24, 2.45) is 0 Å². The Morgan fingerprint density at radius 2 is 1.69 bits per heavy atom. The summed E-state index contributed by atoms with van der Waals surface area (Å²) in [5.74, 6) is -1.28. The minimum absolute atomic E-state index is 0.0509. The molecule has 1 rings (SSSR count). The lowest BCUT2D eigenvalue weighted by molar-refractivity contribution is -0.166. The molecular formula is C9H15NO5S. The minimum atomic E-state index is -3.24. The molecule has 0 atom stereocenters. The molecule has 0 amide bonds. The molecule has 0 spiro atoms. The molecule has 0 unspecified atom stereocenters. The molecular weight excluding hydrogens is 234 g/mol. The van der Waals surface area contributed by atoms with Crippen LogP contribution in [0.25, 0.3) is 0 Å². The van der Waals surface area contributed by atoms with E-state index >= 15 is 0 Å². The van der Waals surface area contributed by atoms with Gasteiger partial charge in [-0.3, -0.25) is 14.5 Å². The van der Waals surface area contributed by atoms with Crippen LogP contribution in [0.2, 0.25) is 0 Å². The molecule has 1 saturated heterocycles. The molecule has 0 N–H and O–H groups in total. The van der Waals surface area contributed by atoms with E-state index in [1.54, 1.807) is 13.8 Å². The Hall–Kier alpha value is -0.950. The lowest BCUT2D eigenvalue weighted by Crippen LogP contribution is -2.50.